The van der Waals surface area contributed by atoms with Gasteiger partial charge >= 0.3 is 16.5 Å². The van der Waals surface area contributed by atoms with Crippen LogP contribution in [0.1, 0.15) is 0 Å². The van der Waals surface area contributed by atoms with Gasteiger partial charge in [0.05, 0.1) is 0 Å². The van der Waals surface area contributed by atoms with Gasteiger partial charge in [0.15, 0.2) is 0 Å². The third kappa shape index (κ3) is 5860. The molecule has 0 aromatic carbocycles. The summed E-state index contributed by atoms with van der Waals surface area (Å²) in [5.41, 5.74) is 0. The molecule has 0 rings (SSSR count). The van der Waals surface area contributed by atoms with E-state index in [0.29, 0.717) is 0 Å². The van der Waals surface area contributed by atoms with E-state index in [-0.39, 0.29) is 37.6 Å². The maximum Gasteiger partial charge on any atom is 2.00 e. The second kappa shape index (κ2) is 11.9. The summed E-state index contributed by atoms with van der Waals surface area (Å²) in [6.45, 7) is 0. The predicted molar refractivity (Wildman–Crippen MR) is 31.4 cm³/mol. The van der Waals surface area contributed by atoms with E-state index in [2.05, 4.69) is 0 Å². The molecule has 0 aromatic rings. The van der Waals surface area contributed by atoms with Crippen molar-refractivity contribution in [2.45, 2.75) is 0 Å². The molecule has 0 aromatic heterocycles. The summed E-state index contributed by atoms with van der Waals surface area (Å²) in [5.74, 6) is 0. The normalized spacial score (nSPS) is 10.2. The molecule has 0 radical (unpaired) electrons. The smallest absolute Gasteiger partial charge is 0.759 e. The Morgan fingerprint density at radius 1 is 0.471 bits per heavy atom. The van der Waals surface area contributed by atoms with Crippen LogP contribution in [-0.4, -0.2) is 52.6 Å². The predicted octanol–water partition coefficient (Wildman–Crippen LogP) is -4.02. The van der Waals surface area contributed by atoms with Crippen molar-refractivity contribution in [3.8, 4) is 0 Å². The molecule has 0 saturated carbocycles. The fourth-order valence-corrected chi connectivity index (χ4v) is 0. The molecule has 0 heterocycles. The van der Waals surface area contributed by atoms with Crippen LogP contribution in [0, 0.1) is 0 Å². The van der Waals surface area contributed by atoms with Crippen molar-refractivity contribution in [2.75, 3.05) is 0 Å². The monoisotopic (exact) mass is 530 g/mol. The first-order valence-electron chi connectivity index (χ1n) is 2.00. The fourth-order valence-electron chi connectivity index (χ4n) is 0. The van der Waals surface area contributed by atoms with Crippen LogP contribution < -0.4 is 0 Å². The largest absolute Gasteiger partial charge is 2.00 e. The Hall–Kier alpha value is 0.792. The summed E-state index contributed by atoms with van der Waals surface area (Å²) in [6.07, 6.45) is 0. The van der Waals surface area contributed by atoms with Crippen molar-refractivity contribution in [1.82, 2.24) is 0 Å². The molecule has 0 atom stereocenters. The molecule has 17 heteroatoms. The van der Waals surface area contributed by atoms with Gasteiger partial charge in [-0.15, -0.1) is 0 Å². The number of hydrogen-bond acceptors (Lipinski definition) is 12. The molecule has 0 aliphatic heterocycles. The summed E-state index contributed by atoms with van der Waals surface area (Å²) >= 11 is 0. The van der Waals surface area contributed by atoms with Crippen LogP contribution in [0.5, 0.6) is 0 Å². The van der Waals surface area contributed by atoms with Crippen LogP contribution in [0.3, 0.4) is 0 Å². The van der Waals surface area contributed by atoms with Gasteiger partial charge < -0.3 is 27.3 Å². The molecule has 0 N–H and O–H groups in total. The van der Waals surface area contributed by atoms with Gasteiger partial charge in [-0.1, -0.05) is 0 Å². The maximum absolute atomic E-state index is 8.52. The zero-order chi connectivity index (χ0) is 13.5. The summed E-state index contributed by atoms with van der Waals surface area (Å²) in [6, 6.07) is 0. The van der Waals surface area contributed by atoms with Gasteiger partial charge in [-0.2, -0.15) is 0 Å². The van der Waals surface area contributed by atoms with Crippen molar-refractivity contribution in [1.29, 1.82) is 0 Å². The van der Waals surface area contributed by atoms with Crippen molar-refractivity contribution in [3.05, 3.63) is 0 Å². The quantitative estimate of drug-likeness (QED) is 0.165. The molecule has 0 aliphatic carbocycles. The molecular formula is NiO12S3W-4. The van der Waals surface area contributed by atoms with Gasteiger partial charge in [-0.05, 0) is 0 Å². The van der Waals surface area contributed by atoms with Gasteiger partial charge in [-0.3, -0.25) is 25.3 Å². The second-order valence-corrected chi connectivity index (χ2v) is 3.67. The Balaban J connectivity index is -0.0000000400. The fraction of sp³-hybridized carbons (Fsp3) is 0. The van der Waals surface area contributed by atoms with E-state index < -0.39 is 31.2 Å². The molecule has 12 nitrogen and oxygen atoms in total. The summed E-state index contributed by atoms with van der Waals surface area (Å²) in [5, 5.41) is 0. The average molecular weight is 531 g/mol. The molecule has 0 aliphatic rings. The minimum Gasteiger partial charge on any atom is -0.759 e. The minimum atomic E-state index is -5.17. The van der Waals surface area contributed by atoms with Gasteiger partial charge in [-0.25, -0.2) is 0 Å². The van der Waals surface area contributed by atoms with Crippen LogP contribution in [0.2, 0.25) is 0 Å². The molecule has 0 amide bonds. The van der Waals surface area contributed by atoms with E-state index in [4.69, 9.17) is 52.6 Å². The van der Waals surface area contributed by atoms with Gasteiger partial charge in [0, 0.05) is 52.3 Å². The Labute approximate surface area is 121 Å². The third-order valence-corrected chi connectivity index (χ3v) is 0. The molecule has 110 valence electrons. The molecular weight excluding hydrogens is 531 g/mol. The standard InChI is InChI=1S/Ni.3H2O4S.W/c;3*1-5(2,3)4;/h;3*(H2,1,2,3,4);/q+2;;;;/p-6. The number of rotatable bonds is 0. The van der Waals surface area contributed by atoms with Gasteiger partial charge in [0.25, 0.3) is 0 Å². The van der Waals surface area contributed by atoms with Gasteiger partial charge in [0.2, 0.25) is 0 Å². The first-order chi connectivity index (χ1) is 6.00. The van der Waals surface area contributed by atoms with Crippen LogP contribution in [0.15, 0.2) is 0 Å². The van der Waals surface area contributed by atoms with E-state index in [0.717, 1.165) is 0 Å². The van der Waals surface area contributed by atoms with E-state index in [1.165, 1.54) is 0 Å². The zero-order valence-corrected chi connectivity index (χ0v) is 13.2. The van der Waals surface area contributed by atoms with Crippen LogP contribution in [0.4, 0.5) is 0 Å². The zero-order valence-electron chi connectivity index (χ0n) is 6.85. The van der Waals surface area contributed by atoms with Crippen molar-refractivity contribution in [2.24, 2.45) is 0 Å². The Morgan fingerprint density at radius 3 is 0.471 bits per heavy atom. The maximum atomic E-state index is 8.52. The van der Waals surface area contributed by atoms with E-state index in [1.807, 2.05) is 0 Å². The van der Waals surface area contributed by atoms with E-state index >= 15 is 0 Å². The Kier molecular flexibility index (Phi) is 21.4. The second-order valence-electron chi connectivity index (χ2n) is 1.22. The average Bonchev–Trinajstić information content (AvgIpc) is 1.41. The topological polar surface area (TPSA) is 241 Å². The van der Waals surface area contributed by atoms with E-state index in [9.17, 15) is 0 Å². The van der Waals surface area contributed by atoms with Crippen LogP contribution in [0.25, 0.3) is 0 Å². The molecule has 0 saturated heterocycles. The summed E-state index contributed by atoms with van der Waals surface area (Å²) in [4.78, 5) is 0. The Bertz CT molecular complexity index is 343. The van der Waals surface area contributed by atoms with Crippen molar-refractivity contribution < 1.29 is 90.1 Å². The van der Waals surface area contributed by atoms with E-state index in [1.54, 1.807) is 0 Å². The minimum absolute atomic E-state index is 0. The van der Waals surface area contributed by atoms with Crippen molar-refractivity contribution in [3.63, 3.8) is 0 Å². The SMILES string of the molecule is O=S(=O)([O-])[O-].O=S(=O)([O-])[O-].O=S(=O)([O-])[O-].[Ni+2].[W]. The number of hydrogen-bond donors (Lipinski definition) is 0. The molecule has 0 bridgehead atoms. The Morgan fingerprint density at radius 2 is 0.471 bits per heavy atom. The molecule has 0 fully saturated rings. The first kappa shape index (κ1) is 30.7. The summed E-state index contributed by atoms with van der Waals surface area (Å²) < 4.78 is 102. The van der Waals surface area contributed by atoms with Crippen LogP contribution in [-0.2, 0) is 68.8 Å². The molecule has 17 heavy (non-hydrogen) atoms. The first-order valence-corrected chi connectivity index (χ1v) is 6.00. The molecule has 0 unspecified atom stereocenters. The third-order valence-electron chi connectivity index (χ3n) is 0. The molecule has 0 spiro atoms. The van der Waals surface area contributed by atoms with Gasteiger partial charge in [0.1, 0.15) is 0 Å². The summed E-state index contributed by atoms with van der Waals surface area (Å²) in [7, 11) is -15.5. The van der Waals surface area contributed by atoms with Crippen LogP contribution >= 0.6 is 0 Å². The van der Waals surface area contributed by atoms with Crippen molar-refractivity contribution >= 4 is 31.2 Å².